The number of methoxy groups -OCH3 is 1. The Bertz CT molecular complexity index is 323. The number of benzene rings is 1. The van der Waals surface area contributed by atoms with Gasteiger partial charge < -0.3 is 15.2 Å². The van der Waals surface area contributed by atoms with Crippen LogP contribution < -0.4 is 5.73 Å². The van der Waals surface area contributed by atoms with Crippen molar-refractivity contribution < 1.29 is 9.47 Å². The van der Waals surface area contributed by atoms with Crippen LogP contribution in [0.15, 0.2) is 27.6 Å². The van der Waals surface area contributed by atoms with Crippen molar-refractivity contribution in [1.29, 1.82) is 0 Å². The minimum absolute atomic E-state index is 0.643. The summed E-state index contributed by atoms with van der Waals surface area (Å²) in [6.45, 7) is 1.99. The molecule has 1 rings (SSSR count). The van der Waals surface area contributed by atoms with Crippen molar-refractivity contribution in [2.45, 2.75) is 4.90 Å². The van der Waals surface area contributed by atoms with E-state index >= 15 is 0 Å². The molecule has 0 aliphatic rings. The summed E-state index contributed by atoms with van der Waals surface area (Å²) < 4.78 is 11.3. The first-order chi connectivity index (χ1) is 7.74. The molecule has 0 heterocycles. The predicted molar refractivity (Wildman–Crippen MR) is 72.0 cm³/mol. The third-order valence-corrected chi connectivity index (χ3v) is 3.42. The number of hydrogen-bond acceptors (Lipinski definition) is 4. The topological polar surface area (TPSA) is 44.5 Å². The summed E-state index contributed by atoms with van der Waals surface area (Å²) >= 11 is 5.12. The molecule has 0 aliphatic carbocycles. The predicted octanol–water partition coefficient (Wildman–Crippen LogP) is 2.79. The highest BCUT2D eigenvalue weighted by molar-refractivity contribution is 9.10. The van der Waals surface area contributed by atoms with Gasteiger partial charge in [-0.15, -0.1) is 11.8 Å². The standard InChI is InChI=1S/C11H16BrNO2S/c1-14-4-5-15-6-7-16-11-8-9(12)2-3-10(11)13/h2-3,8H,4-7,13H2,1H3. The van der Waals surface area contributed by atoms with Crippen LogP contribution in [0.2, 0.25) is 0 Å². The van der Waals surface area contributed by atoms with Crippen LogP contribution in [-0.2, 0) is 9.47 Å². The Morgan fingerprint density at radius 2 is 2.12 bits per heavy atom. The Hall–Kier alpha value is -0.230. The molecular formula is C11H16BrNO2S. The Morgan fingerprint density at radius 1 is 1.31 bits per heavy atom. The van der Waals surface area contributed by atoms with Gasteiger partial charge in [0.05, 0.1) is 19.8 Å². The van der Waals surface area contributed by atoms with Crippen molar-refractivity contribution in [2.24, 2.45) is 0 Å². The highest BCUT2D eigenvalue weighted by Gasteiger charge is 2.00. The molecule has 0 fully saturated rings. The van der Waals surface area contributed by atoms with Gasteiger partial charge in [-0.3, -0.25) is 0 Å². The second-order valence-electron chi connectivity index (χ2n) is 3.14. The van der Waals surface area contributed by atoms with Crippen molar-refractivity contribution in [2.75, 3.05) is 38.4 Å². The van der Waals surface area contributed by atoms with Gasteiger partial charge in [0.1, 0.15) is 0 Å². The van der Waals surface area contributed by atoms with Crippen molar-refractivity contribution >= 4 is 33.4 Å². The highest BCUT2D eigenvalue weighted by atomic mass is 79.9. The maximum atomic E-state index is 5.85. The fourth-order valence-corrected chi connectivity index (χ4v) is 2.47. The SMILES string of the molecule is COCCOCCSc1cc(Br)ccc1N. The maximum Gasteiger partial charge on any atom is 0.0700 e. The van der Waals surface area contributed by atoms with E-state index in [4.69, 9.17) is 15.2 Å². The maximum absolute atomic E-state index is 5.85. The summed E-state index contributed by atoms with van der Waals surface area (Å²) in [6, 6.07) is 5.86. The van der Waals surface area contributed by atoms with Gasteiger partial charge >= 0.3 is 0 Å². The normalized spacial score (nSPS) is 10.6. The molecule has 90 valence electrons. The molecule has 5 heteroatoms. The Balaban J connectivity index is 2.23. The van der Waals surface area contributed by atoms with Crippen molar-refractivity contribution in [3.05, 3.63) is 22.7 Å². The minimum Gasteiger partial charge on any atom is -0.398 e. The number of nitrogen functional groups attached to an aromatic ring is 1. The van der Waals surface area contributed by atoms with Crippen LogP contribution in [0, 0.1) is 0 Å². The zero-order valence-electron chi connectivity index (χ0n) is 9.24. The van der Waals surface area contributed by atoms with Crippen LogP contribution in [0.1, 0.15) is 0 Å². The van der Waals surface area contributed by atoms with Gasteiger partial charge in [0.25, 0.3) is 0 Å². The molecule has 16 heavy (non-hydrogen) atoms. The van der Waals surface area contributed by atoms with Crippen LogP contribution in [0.4, 0.5) is 5.69 Å². The van der Waals surface area contributed by atoms with Gasteiger partial charge in [-0.05, 0) is 18.2 Å². The lowest BCUT2D eigenvalue weighted by Gasteiger charge is -2.06. The first kappa shape index (κ1) is 13.8. The Kier molecular flexibility index (Phi) is 6.87. The molecule has 0 spiro atoms. The summed E-state index contributed by atoms with van der Waals surface area (Å²) in [5.41, 5.74) is 6.66. The van der Waals surface area contributed by atoms with E-state index in [1.54, 1.807) is 18.9 Å². The van der Waals surface area contributed by atoms with E-state index in [9.17, 15) is 0 Å². The molecule has 0 bridgehead atoms. The lowest BCUT2D eigenvalue weighted by atomic mass is 10.3. The average molecular weight is 306 g/mol. The van der Waals surface area contributed by atoms with Crippen LogP contribution in [0.25, 0.3) is 0 Å². The molecular weight excluding hydrogens is 290 g/mol. The van der Waals surface area contributed by atoms with Crippen molar-refractivity contribution in [1.82, 2.24) is 0 Å². The minimum atomic E-state index is 0.643. The summed E-state index contributed by atoms with van der Waals surface area (Å²) in [4.78, 5) is 1.09. The molecule has 0 radical (unpaired) electrons. The first-order valence-corrected chi connectivity index (χ1v) is 6.76. The number of ether oxygens (including phenoxy) is 2. The summed E-state index contributed by atoms with van der Waals surface area (Å²) in [7, 11) is 1.67. The number of rotatable bonds is 7. The molecule has 0 aliphatic heterocycles. The molecule has 0 aromatic heterocycles. The van der Waals surface area contributed by atoms with Gasteiger partial charge in [-0.2, -0.15) is 0 Å². The lowest BCUT2D eigenvalue weighted by Crippen LogP contribution is -2.04. The second kappa shape index (κ2) is 7.95. The van der Waals surface area contributed by atoms with Gasteiger partial charge in [0, 0.05) is 27.9 Å². The fourth-order valence-electron chi connectivity index (χ4n) is 1.09. The molecule has 0 atom stereocenters. The molecule has 0 unspecified atom stereocenters. The van der Waals surface area contributed by atoms with Gasteiger partial charge in [-0.25, -0.2) is 0 Å². The zero-order valence-corrected chi connectivity index (χ0v) is 11.6. The third kappa shape index (κ3) is 5.21. The highest BCUT2D eigenvalue weighted by Crippen LogP contribution is 2.27. The van der Waals surface area contributed by atoms with E-state index < -0.39 is 0 Å². The van der Waals surface area contributed by atoms with E-state index in [1.165, 1.54) is 0 Å². The second-order valence-corrected chi connectivity index (χ2v) is 5.19. The molecule has 0 saturated heterocycles. The molecule has 0 amide bonds. The smallest absolute Gasteiger partial charge is 0.0700 e. The summed E-state index contributed by atoms with van der Waals surface area (Å²) in [6.07, 6.45) is 0. The van der Waals surface area contributed by atoms with Crippen LogP contribution in [0.3, 0.4) is 0 Å². The van der Waals surface area contributed by atoms with E-state index in [0.717, 1.165) is 20.8 Å². The monoisotopic (exact) mass is 305 g/mol. The van der Waals surface area contributed by atoms with Crippen LogP contribution >= 0.6 is 27.7 Å². The largest absolute Gasteiger partial charge is 0.398 e. The van der Waals surface area contributed by atoms with E-state index in [2.05, 4.69) is 15.9 Å². The quantitative estimate of drug-likeness (QED) is 0.478. The zero-order chi connectivity index (χ0) is 11.8. The van der Waals surface area contributed by atoms with E-state index in [0.29, 0.717) is 19.8 Å². The van der Waals surface area contributed by atoms with Gasteiger partial charge in [-0.1, -0.05) is 15.9 Å². The number of thioether (sulfide) groups is 1. The molecule has 1 aromatic rings. The van der Waals surface area contributed by atoms with Crippen molar-refractivity contribution in [3.8, 4) is 0 Å². The van der Waals surface area contributed by atoms with Gasteiger partial charge in [0.15, 0.2) is 0 Å². The molecule has 1 aromatic carbocycles. The first-order valence-electron chi connectivity index (χ1n) is 4.98. The molecule has 2 N–H and O–H groups in total. The number of hydrogen-bond donors (Lipinski definition) is 1. The summed E-state index contributed by atoms with van der Waals surface area (Å²) in [5.74, 6) is 0.893. The van der Waals surface area contributed by atoms with Crippen LogP contribution in [0.5, 0.6) is 0 Å². The van der Waals surface area contributed by atoms with Crippen LogP contribution in [-0.4, -0.2) is 32.7 Å². The van der Waals surface area contributed by atoms with E-state index in [-0.39, 0.29) is 0 Å². The number of halogens is 1. The molecule has 3 nitrogen and oxygen atoms in total. The lowest BCUT2D eigenvalue weighted by molar-refractivity contribution is 0.0790. The van der Waals surface area contributed by atoms with Gasteiger partial charge in [0.2, 0.25) is 0 Å². The summed E-state index contributed by atoms with van der Waals surface area (Å²) in [5, 5.41) is 0. The molecule has 0 saturated carbocycles. The average Bonchev–Trinajstić information content (AvgIpc) is 2.28. The Morgan fingerprint density at radius 3 is 2.88 bits per heavy atom. The van der Waals surface area contributed by atoms with Crippen molar-refractivity contribution in [3.63, 3.8) is 0 Å². The number of nitrogens with two attached hydrogens (primary N) is 1. The number of anilines is 1. The Labute approximate surface area is 109 Å². The fraction of sp³-hybridized carbons (Fsp3) is 0.455. The third-order valence-electron chi connectivity index (χ3n) is 1.89. The van der Waals surface area contributed by atoms with E-state index in [1.807, 2.05) is 18.2 Å².